The highest BCUT2D eigenvalue weighted by Crippen LogP contribution is 2.31. The summed E-state index contributed by atoms with van der Waals surface area (Å²) in [6.45, 7) is 4.92. The molecule has 0 bridgehead atoms. The van der Waals surface area contributed by atoms with Gasteiger partial charge in [-0.15, -0.1) is 0 Å². The van der Waals surface area contributed by atoms with Gasteiger partial charge in [0.25, 0.3) is 5.91 Å². The fourth-order valence-electron chi connectivity index (χ4n) is 2.99. The number of aromatic nitrogens is 2. The molecule has 8 heteroatoms. The maximum atomic E-state index is 12.8. The van der Waals surface area contributed by atoms with Crippen LogP contribution >= 0.6 is 0 Å². The summed E-state index contributed by atoms with van der Waals surface area (Å²) in [6.07, 6.45) is 3.12. The molecule has 1 aromatic rings. The number of carbonyl (C=O) groups is 2. The van der Waals surface area contributed by atoms with Crippen molar-refractivity contribution in [2.45, 2.75) is 52.0 Å². The number of hydrogen-bond donors (Lipinski definition) is 0. The number of hydrogen-bond acceptors (Lipinski definition) is 6. The van der Waals surface area contributed by atoms with Crippen LogP contribution in [-0.2, 0) is 16.0 Å². The lowest BCUT2D eigenvalue weighted by molar-refractivity contribution is -0.132. The number of nitrogens with zero attached hydrogens (tertiary/aromatic N) is 5. The maximum Gasteiger partial charge on any atom is 0.270 e. The fourth-order valence-corrected chi connectivity index (χ4v) is 2.99. The van der Waals surface area contributed by atoms with Crippen LogP contribution in [0.1, 0.15) is 57.3 Å². The molecule has 8 nitrogen and oxygen atoms in total. The van der Waals surface area contributed by atoms with E-state index in [1.807, 2.05) is 13.8 Å². The molecular formula is C15H21N5O3. The highest BCUT2D eigenvalue weighted by molar-refractivity contribution is 6.39. The molecule has 1 atom stereocenters. The number of aryl methyl sites for hydroxylation is 1. The van der Waals surface area contributed by atoms with Crippen molar-refractivity contribution in [3.63, 3.8) is 0 Å². The Hall–Kier alpha value is -2.25. The average molecular weight is 319 g/mol. The summed E-state index contributed by atoms with van der Waals surface area (Å²) in [7, 11) is 0. The zero-order valence-corrected chi connectivity index (χ0v) is 13.5. The molecule has 2 amide bonds. The average Bonchev–Trinajstić information content (AvgIpc) is 3.23. The zero-order chi connectivity index (χ0) is 16.4. The largest absolute Gasteiger partial charge is 0.339 e. The first-order valence-electron chi connectivity index (χ1n) is 8.15. The Balaban J connectivity index is 1.79. The standard InChI is InChI=1S/C15H21N5O3/c1-3-12-16-14(18-23-12)11-6-5-9-19(11)15(22)10-7-8-13(21)20(4-2)17-10/h11H,3-9H2,1-2H3. The second-order valence-corrected chi connectivity index (χ2v) is 5.71. The molecule has 0 radical (unpaired) electrons. The molecule has 0 aromatic carbocycles. The monoisotopic (exact) mass is 319 g/mol. The smallest absolute Gasteiger partial charge is 0.270 e. The van der Waals surface area contributed by atoms with E-state index in [4.69, 9.17) is 4.52 Å². The highest BCUT2D eigenvalue weighted by atomic mass is 16.5. The molecule has 1 unspecified atom stereocenters. The van der Waals surface area contributed by atoms with E-state index in [2.05, 4.69) is 15.2 Å². The van der Waals surface area contributed by atoms with Crippen molar-refractivity contribution in [3.8, 4) is 0 Å². The second kappa shape index (κ2) is 6.47. The van der Waals surface area contributed by atoms with E-state index in [0.29, 0.717) is 49.8 Å². The van der Waals surface area contributed by atoms with Gasteiger partial charge in [0.05, 0.1) is 6.04 Å². The van der Waals surface area contributed by atoms with E-state index in [1.165, 1.54) is 5.01 Å². The van der Waals surface area contributed by atoms with Gasteiger partial charge < -0.3 is 9.42 Å². The number of amides is 2. The predicted molar refractivity (Wildman–Crippen MR) is 81.4 cm³/mol. The number of hydrazone groups is 1. The summed E-state index contributed by atoms with van der Waals surface area (Å²) < 4.78 is 5.17. The summed E-state index contributed by atoms with van der Waals surface area (Å²) in [5.41, 5.74) is 0.442. The summed E-state index contributed by atoms with van der Waals surface area (Å²) >= 11 is 0. The van der Waals surface area contributed by atoms with E-state index in [1.54, 1.807) is 4.90 Å². The minimum absolute atomic E-state index is 0.0345. The van der Waals surface area contributed by atoms with Gasteiger partial charge in [0.1, 0.15) is 5.71 Å². The van der Waals surface area contributed by atoms with Gasteiger partial charge in [0, 0.05) is 32.4 Å². The normalized spacial score (nSPS) is 21.7. The molecule has 2 aliphatic heterocycles. The van der Waals surface area contributed by atoms with Crippen molar-refractivity contribution in [1.29, 1.82) is 0 Å². The Bertz CT molecular complexity index is 639. The van der Waals surface area contributed by atoms with Crippen LogP contribution in [-0.4, -0.2) is 50.7 Å². The van der Waals surface area contributed by atoms with Gasteiger partial charge in [0.2, 0.25) is 11.8 Å². The second-order valence-electron chi connectivity index (χ2n) is 5.71. The molecule has 124 valence electrons. The van der Waals surface area contributed by atoms with Crippen LogP contribution in [0.15, 0.2) is 9.62 Å². The first-order chi connectivity index (χ1) is 11.1. The third kappa shape index (κ3) is 2.97. The first-order valence-corrected chi connectivity index (χ1v) is 8.15. The first kappa shape index (κ1) is 15.6. The lowest BCUT2D eigenvalue weighted by atomic mass is 10.1. The molecule has 23 heavy (non-hydrogen) atoms. The van der Waals surface area contributed by atoms with Gasteiger partial charge in [-0.05, 0) is 19.8 Å². The minimum Gasteiger partial charge on any atom is -0.339 e. The molecule has 2 aliphatic rings. The van der Waals surface area contributed by atoms with E-state index in [-0.39, 0.29) is 17.9 Å². The molecule has 3 rings (SSSR count). The van der Waals surface area contributed by atoms with Gasteiger partial charge in [-0.25, -0.2) is 5.01 Å². The molecule has 1 aromatic heterocycles. The van der Waals surface area contributed by atoms with E-state index in [0.717, 1.165) is 12.8 Å². The molecule has 1 fully saturated rings. The van der Waals surface area contributed by atoms with E-state index < -0.39 is 0 Å². The van der Waals surface area contributed by atoms with Crippen molar-refractivity contribution >= 4 is 17.5 Å². The van der Waals surface area contributed by atoms with Crippen molar-refractivity contribution in [2.75, 3.05) is 13.1 Å². The van der Waals surface area contributed by atoms with Gasteiger partial charge in [-0.2, -0.15) is 10.1 Å². The molecule has 0 saturated carbocycles. The SMILES string of the molecule is CCc1nc(C2CCCN2C(=O)C2=NN(CC)C(=O)CC2)no1. The lowest BCUT2D eigenvalue weighted by Gasteiger charge is -2.26. The maximum absolute atomic E-state index is 12.8. The van der Waals surface area contributed by atoms with Gasteiger partial charge in [0.15, 0.2) is 5.82 Å². The van der Waals surface area contributed by atoms with Crippen molar-refractivity contribution in [3.05, 3.63) is 11.7 Å². The number of rotatable bonds is 4. The predicted octanol–water partition coefficient (Wildman–Crippen LogP) is 1.29. The summed E-state index contributed by atoms with van der Waals surface area (Å²) in [5, 5.41) is 9.59. The Morgan fingerprint density at radius 2 is 2.17 bits per heavy atom. The van der Waals surface area contributed by atoms with Crippen molar-refractivity contribution < 1.29 is 14.1 Å². The third-order valence-electron chi connectivity index (χ3n) is 4.25. The molecule has 1 saturated heterocycles. The number of likely N-dealkylation sites (tertiary alicyclic amines) is 1. The van der Waals surface area contributed by atoms with Gasteiger partial charge in [-0.3, -0.25) is 9.59 Å². The topological polar surface area (TPSA) is 91.9 Å². The van der Waals surface area contributed by atoms with Crippen LogP contribution in [0.25, 0.3) is 0 Å². The van der Waals surface area contributed by atoms with Crippen molar-refractivity contribution in [1.82, 2.24) is 20.0 Å². The van der Waals surface area contributed by atoms with Gasteiger partial charge >= 0.3 is 0 Å². The molecular weight excluding hydrogens is 298 g/mol. The Morgan fingerprint density at radius 3 is 2.87 bits per heavy atom. The van der Waals surface area contributed by atoms with Gasteiger partial charge in [-0.1, -0.05) is 12.1 Å². The summed E-state index contributed by atoms with van der Waals surface area (Å²) in [5.74, 6) is 0.985. The lowest BCUT2D eigenvalue weighted by Crippen LogP contribution is -2.41. The highest BCUT2D eigenvalue weighted by Gasteiger charge is 2.36. The molecule has 3 heterocycles. The number of carbonyl (C=O) groups excluding carboxylic acids is 2. The fraction of sp³-hybridized carbons (Fsp3) is 0.667. The van der Waals surface area contributed by atoms with Crippen LogP contribution < -0.4 is 0 Å². The minimum atomic E-state index is -0.165. The Kier molecular flexibility index (Phi) is 4.40. The third-order valence-corrected chi connectivity index (χ3v) is 4.25. The van der Waals surface area contributed by atoms with Crippen LogP contribution in [0.2, 0.25) is 0 Å². The molecule has 0 aliphatic carbocycles. The van der Waals surface area contributed by atoms with Crippen LogP contribution in [0, 0.1) is 0 Å². The van der Waals surface area contributed by atoms with Crippen LogP contribution in [0.4, 0.5) is 0 Å². The summed E-state index contributed by atoms with van der Waals surface area (Å²) in [6, 6.07) is -0.165. The van der Waals surface area contributed by atoms with Crippen LogP contribution in [0.5, 0.6) is 0 Å². The Labute approximate surface area is 134 Å². The Morgan fingerprint density at radius 1 is 1.35 bits per heavy atom. The molecule has 0 N–H and O–H groups in total. The summed E-state index contributed by atoms with van der Waals surface area (Å²) in [4.78, 5) is 30.6. The van der Waals surface area contributed by atoms with Crippen molar-refractivity contribution in [2.24, 2.45) is 5.10 Å². The van der Waals surface area contributed by atoms with Crippen LogP contribution in [0.3, 0.4) is 0 Å². The molecule has 0 spiro atoms. The van der Waals surface area contributed by atoms with E-state index in [9.17, 15) is 9.59 Å². The van der Waals surface area contributed by atoms with E-state index >= 15 is 0 Å². The zero-order valence-electron chi connectivity index (χ0n) is 13.5. The quantitative estimate of drug-likeness (QED) is 0.834.